The molecule has 2 atom stereocenters. The Bertz CT molecular complexity index is 368. The normalized spacial score (nSPS) is 32.4. The molecule has 3 aliphatic heterocycles. The van der Waals surface area contributed by atoms with E-state index in [0.29, 0.717) is 6.04 Å². The summed E-state index contributed by atoms with van der Waals surface area (Å²) < 4.78 is 0. The van der Waals surface area contributed by atoms with Crippen LogP contribution in [-0.2, 0) is 6.42 Å². The number of nitrogens with one attached hydrogen (secondary N) is 1. The number of benzene rings is 1. The molecule has 0 amide bonds. The average Bonchev–Trinajstić information content (AvgIpc) is 2.41. The summed E-state index contributed by atoms with van der Waals surface area (Å²) in [6.45, 7) is 6.25. The molecular weight excluding hydrogens is 220 g/mol. The molecule has 18 heavy (non-hydrogen) atoms. The number of piperidine rings is 3. The minimum atomic E-state index is 0.581. The van der Waals surface area contributed by atoms with Crippen molar-refractivity contribution in [3.63, 3.8) is 0 Å². The molecule has 3 saturated heterocycles. The van der Waals surface area contributed by atoms with Crippen molar-refractivity contribution in [2.45, 2.75) is 38.3 Å². The van der Waals surface area contributed by atoms with Gasteiger partial charge in [0.2, 0.25) is 0 Å². The fourth-order valence-electron chi connectivity index (χ4n) is 3.55. The molecule has 1 N–H and O–H groups in total. The van der Waals surface area contributed by atoms with E-state index in [9.17, 15) is 0 Å². The van der Waals surface area contributed by atoms with Crippen molar-refractivity contribution in [1.29, 1.82) is 0 Å². The highest BCUT2D eigenvalue weighted by molar-refractivity contribution is 5.15. The van der Waals surface area contributed by atoms with Crippen molar-refractivity contribution in [3.8, 4) is 0 Å². The minimum Gasteiger partial charge on any atom is -0.310 e. The summed E-state index contributed by atoms with van der Waals surface area (Å²) in [6, 6.07) is 12.1. The van der Waals surface area contributed by atoms with E-state index in [0.717, 1.165) is 18.4 Å². The van der Waals surface area contributed by atoms with Crippen molar-refractivity contribution in [1.82, 2.24) is 10.2 Å². The maximum absolute atomic E-state index is 3.86. The van der Waals surface area contributed by atoms with E-state index in [1.165, 1.54) is 38.0 Å². The Morgan fingerprint density at radius 3 is 2.56 bits per heavy atom. The third-order valence-corrected chi connectivity index (χ3v) is 4.54. The van der Waals surface area contributed by atoms with Crippen molar-refractivity contribution < 1.29 is 0 Å². The van der Waals surface area contributed by atoms with Crippen LogP contribution in [0.25, 0.3) is 0 Å². The van der Waals surface area contributed by atoms with Gasteiger partial charge < -0.3 is 10.2 Å². The highest BCUT2D eigenvalue weighted by Crippen LogP contribution is 2.27. The lowest BCUT2D eigenvalue weighted by Crippen LogP contribution is -2.57. The van der Waals surface area contributed by atoms with Gasteiger partial charge in [-0.2, -0.15) is 0 Å². The van der Waals surface area contributed by atoms with Gasteiger partial charge in [0.05, 0.1) is 0 Å². The highest BCUT2D eigenvalue weighted by Gasteiger charge is 2.34. The van der Waals surface area contributed by atoms with Crippen LogP contribution in [0.5, 0.6) is 0 Å². The summed E-state index contributed by atoms with van der Waals surface area (Å²) in [5, 5.41) is 3.86. The first kappa shape index (κ1) is 12.2. The third kappa shape index (κ3) is 2.76. The fourth-order valence-corrected chi connectivity index (χ4v) is 3.55. The molecule has 0 spiro atoms. The average molecular weight is 244 g/mol. The first-order valence-electron chi connectivity index (χ1n) is 7.33. The van der Waals surface area contributed by atoms with E-state index in [-0.39, 0.29) is 0 Å². The van der Waals surface area contributed by atoms with Crippen LogP contribution in [0, 0.1) is 5.92 Å². The van der Waals surface area contributed by atoms with Crippen LogP contribution in [0.1, 0.15) is 25.3 Å². The predicted octanol–water partition coefficient (Wildman–Crippen LogP) is 2.30. The van der Waals surface area contributed by atoms with Crippen LogP contribution < -0.4 is 5.32 Å². The molecule has 2 nitrogen and oxygen atoms in total. The van der Waals surface area contributed by atoms with Gasteiger partial charge in [-0.25, -0.2) is 0 Å². The van der Waals surface area contributed by atoms with Gasteiger partial charge in [-0.1, -0.05) is 30.3 Å². The Kier molecular flexibility index (Phi) is 3.67. The fraction of sp³-hybridized carbons (Fsp3) is 0.625. The maximum atomic E-state index is 3.86. The van der Waals surface area contributed by atoms with E-state index in [2.05, 4.69) is 47.5 Å². The van der Waals surface area contributed by atoms with E-state index in [1.807, 2.05) is 0 Å². The molecule has 2 heteroatoms. The van der Waals surface area contributed by atoms with E-state index >= 15 is 0 Å². The first-order valence-corrected chi connectivity index (χ1v) is 7.33. The Morgan fingerprint density at radius 2 is 1.94 bits per heavy atom. The zero-order valence-corrected chi connectivity index (χ0v) is 11.3. The number of hydrogen-bond donors (Lipinski definition) is 1. The second kappa shape index (κ2) is 5.41. The largest absolute Gasteiger partial charge is 0.310 e. The van der Waals surface area contributed by atoms with Gasteiger partial charge >= 0.3 is 0 Å². The molecule has 0 aliphatic carbocycles. The lowest BCUT2D eigenvalue weighted by Gasteiger charge is -2.46. The number of fused-ring (bicyclic) bond motifs is 3. The van der Waals surface area contributed by atoms with Crippen LogP contribution in [0.4, 0.5) is 0 Å². The number of hydrogen-bond acceptors (Lipinski definition) is 2. The Morgan fingerprint density at radius 1 is 1.22 bits per heavy atom. The molecule has 98 valence electrons. The van der Waals surface area contributed by atoms with E-state index in [1.54, 1.807) is 0 Å². The summed E-state index contributed by atoms with van der Waals surface area (Å²) >= 11 is 0. The zero-order chi connectivity index (χ0) is 12.4. The molecule has 0 unspecified atom stereocenters. The zero-order valence-electron chi connectivity index (χ0n) is 11.3. The monoisotopic (exact) mass is 244 g/mol. The van der Waals surface area contributed by atoms with Crippen molar-refractivity contribution in [2.75, 3.05) is 19.6 Å². The topological polar surface area (TPSA) is 15.3 Å². The minimum absolute atomic E-state index is 0.581. The van der Waals surface area contributed by atoms with Crippen molar-refractivity contribution in [2.24, 2.45) is 5.92 Å². The van der Waals surface area contributed by atoms with Crippen molar-refractivity contribution in [3.05, 3.63) is 35.9 Å². The molecule has 2 bridgehead atoms. The summed E-state index contributed by atoms with van der Waals surface area (Å²) in [5.74, 6) is 0.924. The molecule has 0 radical (unpaired) electrons. The molecule has 0 saturated carbocycles. The Balaban J connectivity index is 1.53. The first-order chi connectivity index (χ1) is 8.81. The van der Waals surface area contributed by atoms with Gasteiger partial charge in [0, 0.05) is 18.6 Å². The second-order valence-corrected chi connectivity index (χ2v) is 6.00. The summed E-state index contributed by atoms with van der Waals surface area (Å²) in [7, 11) is 0. The molecular formula is C16H24N2. The van der Waals surface area contributed by atoms with Gasteiger partial charge in [0.15, 0.2) is 0 Å². The lowest BCUT2D eigenvalue weighted by molar-refractivity contribution is 0.0680. The molecule has 1 aromatic rings. The Labute approximate surface area is 110 Å². The summed E-state index contributed by atoms with van der Waals surface area (Å²) in [5.41, 5.74) is 1.44. The standard InChI is InChI=1S/C16H24N2/c1-13(11-14-5-3-2-4-6-14)17-16-12-18-9-7-15(16)8-10-18/h2-6,13,15-17H,7-12H2,1H3/t13-,16+/m0/s1. The van der Waals surface area contributed by atoms with Gasteiger partial charge in [-0.15, -0.1) is 0 Å². The van der Waals surface area contributed by atoms with Crippen LogP contribution in [0.3, 0.4) is 0 Å². The molecule has 3 aliphatic rings. The number of nitrogens with zero attached hydrogens (tertiary/aromatic N) is 1. The molecule has 3 heterocycles. The van der Waals surface area contributed by atoms with Crippen LogP contribution in [0.2, 0.25) is 0 Å². The number of rotatable bonds is 4. The summed E-state index contributed by atoms with van der Waals surface area (Å²) in [4.78, 5) is 2.62. The Hall–Kier alpha value is -0.860. The SMILES string of the molecule is C[C@@H](Cc1ccccc1)N[C@@H]1CN2CCC1CC2. The molecule has 1 aromatic carbocycles. The smallest absolute Gasteiger partial charge is 0.0226 e. The molecule has 3 fully saturated rings. The lowest BCUT2D eigenvalue weighted by atomic mass is 9.83. The van der Waals surface area contributed by atoms with Gasteiger partial charge in [0.25, 0.3) is 0 Å². The van der Waals surface area contributed by atoms with Crippen LogP contribution in [-0.4, -0.2) is 36.6 Å². The van der Waals surface area contributed by atoms with Gasteiger partial charge in [-0.3, -0.25) is 0 Å². The maximum Gasteiger partial charge on any atom is 0.0226 e. The second-order valence-electron chi connectivity index (χ2n) is 6.00. The third-order valence-electron chi connectivity index (χ3n) is 4.54. The predicted molar refractivity (Wildman–Crippen MR) is 75.7 cm³/mol. The summed E-state index contributed by atoms with van der Waals surface area (Å²) in [6.07, 6.45) is 3.94. The van der Waals surface area contributed by atoms with E-state index < -0.39 is 0 Å². The van der Waals surface area contributed by atoms with Gasteiger partial charge in [-0.05, 0) is 50.8 Å². The quantitative estimate of drug-likeness (QED) is 0.874. The van der Waals surface area contributed by atoms with Crippen molar-refractivity contribution >= 4 is 0 Å². The highest BCUT2D eigenvalue weighted by atomic mass is 15.2. The van der Waals surface area contributed by atoms with E-state index in [4.69, 9.17) is 0 Å². The van der Waals surface area contributed by atoms with Crippen LogP contribution in [0.15, 0.2) is 30.3 Å². The van der Waals surface area contributed by atoms with Crippen LogP contribution >= 0.6 is 0 Å². The molecule has 4 rings (SSSR count). The molecule has 0 aromatic heterocycles. The van der Waals surface area contributed by atoms with Gasteiger partial charge in [0.1, 0.15) is 0 Å².